The van der Waals surface area contributed by atoms with Gasteiger partial charge in [0.1, 0.15) is 5.65 Å². The first kappa shape index (κ1) is 10.6. The summed E-state index contributed by atoms with van der Waals surface area (Å²) in [5.41, 5.74) is 3.71. The van der Waals surface area contributed by atoms with Crippen molar-refractivity contribution in [3.63, 3.8) is 0 Å². The van der Waals surface area contributed by atoms with Crippen molar-refractivity contribution in [3.8, 4) is 0 Å². The van der Waals surface area contributed by atoms with Gasteiger partial charge in [0.05, 0.1) is 11.9 Å². The molecule has 1 N–H and O–H groups in total. The third-order valence-corrected chi connectivity index (χ3v) is 3.57. The van der Waals surface area contributed by atoms with Gasteiger partial charge in [0.2, 0.25) is 0 Å². The molecule has 0 bridgehead atoms. The average Bonchev–Trinajstić information content (AvgIpc) is 3.09. The number of fused-ring (bicyclic) bond motifs is 1. The molecule has 0 unspecified atom stereocenters. The van der Waals surface area contributed by atoms with Crippen LogP contribution in [0.4, 0.5) is 5.69 Å². The third kappa shape index (κ3) is 1.90. The highest BCUT2D eigenvalue weighted by Crippen LogP contribution is 2.43. The van der Waals surface area contributed by atoms with Gasteiger partial charge < -0.3 is 9.88 Å². The van der Waals surface area contributed by atoms with Crippen LogP contribution in [0, 0.1) is 0 Å². The summed E-state index contributed by atoms with van der Waals surface area (Å²) in [7, 11) is 2.13. The molecule has 1 aliphatic rings. The molecule has 1 saturated carbocycles. The van der Waals surface area contributed by atoms with Gasteiger partial charge in [-0.1, -0.05) is 6.92 Å². The van der Waals surface area contributed by atoms with Gasteiger partial charge in [-0.2, -0.15) is 0 Å². The van der Waals surface area contributed by atoms with Crippen LogP contribution in [0.2, 0.25) is 0 Å². The molecule has 17 heavy (non-hydrogen) atoms. The normalized spacial score (nSPS) is 15.4. The predicted octanol–water partition coefficient (Wildman–Crippen LogP) is 3.29. The summed E-state index contributed by atoms with van der Waals surface area (Å²) in [6.45, 7) is 3.28. The molecule has 0 atom stereocenters. The molecule has 2 aromatic rings. The maximum atomic E-state index is 4.52. The molecule has 0 amide bonds. The Bertz CT molecular complexity index is 525. The van der Waals surface area contributed by atoms with Crippen molar-refractivity contribution in [2.75, 3.05) is 18.5 Å². The van der Waals surface area contributed by atoms with Gasteiger partial charge in [0.15, 0.2) is 0 Å². The fourth-order valence-electron chi connectivity index (χ4n) is 2.42. The lowest BCUT2D eigenvalue weighted by Crippen LogP contribution is -2.17. The van der Waals surface area contributed by atoms with Crippen LogP contribution >= 0.6 is 0 Å². The average molecular weight is 229 g/mol. The van der Waals surface area contributed by atoms with E-state index in [0.717, 1.165) is 24.5 Å². The van der Waals surface area contributed by atoms with Crippen molar-refractivity contribution >= 4 is 16.7 Å². The van der Waals surface area contributed by atoms with Gasteiger partial charge in [-0.3, -0.25) is 0 Å². The Morgan fingerprint density at radius 2 is 2.29 bits per heavy atom. The van der Waals surface area contributed by atoms with E-state index in [1.807, 2.05) is 6.20 Å². The molecule has 0 spiro atoms. The van der Waals surface area contributed by atoms with E-state index in [4.69, 9.17) is 0 Å². The van der Waals surface area contributed by atoms with E-state index < -0.39 is 0 Å². The lowest BCUT2D eigenvalue weighted by molar-refractivity contribution is 0.851. The van der Waals surface area contributed by atoms with Crippen LogP contribution in [-0.2, 0) is 0 Å². The summed E-state index contributed by atoms with van der Waals surface area (Å²) in [5, 5.41) is 1.31. The SMILES string of the molecule is CCCN(C)c1cnc2[nH]cc(C3CC3)c2c1. The Morgan fingerprint density at radius 1 is 1.47 bits per heavy atom. The zero-order valence-electron chi connectivity index (χ0n) is 10.5. The maximum absolute atomic E-state index is 4.52. The molecule has 3 nitrogen and oxygen atoms in total. The highest BCUT2D eigenvalue weighted by molar-refractivity contribution is 5.83. The number of anilines is 1. The number of hydrogen-bond acceptors (Lipinski definition) is 2. The molecule has 0 saturated heterocycles. The van der Waals surface area contributed by atoms with E-state index in [9.17, 15) is 0 Å². The van der Waals surface area contributed by atoms with Gasteiger partial charge in [-0.15, -0.1) is 0 Å². The maximum Gasteiger partial charge on any atom is 0.137 e. The molecule has 0 radical (unpaired) electrons. The fourth-order valence-corrected chi connectivity index (χ4v) is 2.42. The number of nitrogens with one attached hydrogen (secondary N) is 1. The first-order valence-electron chi connectivity index (χ1n) is 6.47. The molecular formula is C14H19N3. The van der Waals surface area contributed by atoms with Gasteiger partial charge in [0.25, 0.3) is 0 Å². The fraction of sp³-hybridized carbons (Fsp3) is 0.500. The summed E-state index contributed by atoms with van der Waals surface area (Å²) < 4.78 is 0. The van der Waals surface area contributed by atoms with Crippen molar-refractivity contribution in [1.82, 2.24) is 9.97 Å². The lowest BCUT2D eigenvalue weighted by Gasteiger charge is -2.17. The second-order valence-electron chi connectivity index (χ2n) is 5.03. The van der Waals surface area contributed by atoms with E-state index in [1.54, 1.807) is 0 Å². The van der Waals surface area contributed by atoms with Crippen molar-refractivity contribution in [2.24, 2.45) is 0 Å². The van der Waals surface area contributed by atoms with Crippen LogP contribution in [0.1, 0.15) is 37.7 Å². The largest absolute Gasteiger partial charge is 0.373 e. The highest BCUT2D eigenvalue weighted by Gasteiger charge is 2.26. The number of pyridine rings is 1. The van der Waals surface area contributed by atoms with Crippen LogP contribution < -0.4 is 4.90 Å². The van der Waals surface area contributed by atoms with Crippen LogP contribution in [0.5, 0.6) is 0 Å². The topological polar surface area (TPSA) is 31.9 Å². The Labute approximate surface area is 102 Å². The molecule has 2 aromatic heterocycles. The van der Waals surface area contributed by atoms with Crippen molar-refractivity contribution in [1.29, 1.82) is 0 Å². The Balaban J connectivity index is 2.01. The molecule has 1 fully saturated rings. The number of aromatic amines is 1. The zero-order chi connectivity index (χ0) is 11.8. The van der Waals surface area contributed by atoms with Crippen LogP contribution in [0.3, 0.4) is 0 Å². The molecule has 3 heteroatoms. The lowest BCUT2D eigenvalue weighted by atomic mass is 10.1. The van der Waals surface area contributed by atoms with Crippen LogP contribution in [-0.4, -0.2) is 23.6 Å². The first-order chi connectivity index (χ1) is 8.29. The molecule has 1 aliphatic carbocycles. The Kier molecular flexibility index (Phi) is 2.54. The summed E-state index contributed by atoms with van der Waals surface area (Å²) in [6.07, 6.45) is 7.94. The van der Waals surface area contributed by atoms with Crippen molar-refractivity contribution < 1.29 is 0 Å². The van der Waals surface area contributed by atoms with Gasteiger partial charge >= 0.3 is 0 Å². The minimum atomic E-state index is 0.775. The van der Waals surface area contributed by atoms with Crippen molar-refractivity contribution in [2.45, 2.75) is 32.1 Å². The minimum absolute atomic E-state index is 0.775. The quantitative estimate of drug-likeness (QED) is 0.872. The van der Waals surface area contributed by atoms with E-state index in [-0.39, 0.29) is 0 Å². The molecule has 0 aliphatic heterocycles. The molecule has 90 valence electrons. The van der Waals surface area contributed by atoms with Crippen LogP contribution in [0.15, 0.2) is 18.5 Å². The second kappa shape index (κ2) is 4.06. The number of hydrogen-bond donors (Lipinski definition) is 1. The number of aromatic nitrogens is 2. The van der Waals surface area contributed by atoms with E-state index in [2.05, 4.69) is 41.1 Å². The summed E-state index contributed by atoms with van der Waals surface area (Å²) in [4.78, 5) is 10.1. The third-order valence-electron chi connectivity index (χ3n) is 3.57. The van der Waals surface area contributed by atoms with E-state index in [1.165, 1.54) is 29.5 Å². The van der Waals surface area contributed by atoms with Crippen LogP contribution in [0.25, 0.3) is 11.0 Å². The van der Waals surface area contributed by atoms with E-state index in [0.29, 0.717) is 0 Å². The van der Waals surface area contributed by atoms with Gasteiger partial charge in [-0.05, 0) is 36.8 Å². The number of nitrogens with zero attached hydrogens (tertiary/aromatic N) is 2. The first-order valence-corrected chi connectivity index (χ1v) is 6.47. The van der Waals surface area contributed by atoms with Gasteiger partial charge in [0, 0.05) is 25.2 Å². The van der Waals surface area contributed by atoms with Crippen molar-refractivity contribution in [3.05, 3.63) is 24.0 Å². The number of H-pyrrole nitrogens is 1. The number of rotatable bonds is 4. The summed E-state index contributed by atoms with van der Waals surface area (Å²) in [6, 6.07) is 2.28. The molecular weight excluding hydrogens is 210 g/mol. The predicted molar refractivity (Wildman–Crippen MR) is 71.6 cm³/mol. The standard InChI is InChI=1S/C14H19N3/c1-3-6-17(2)11-7-12-13(10-4-5-10)9-16-14(12)15-8-11/h7-10H,3-6H2,1-2H3,(H,15,16). The minimum Gasteiger partial charge on any atom is -0.373 e. The zero-order valence-corrected chi connectivity index (χ0v) is 10.5. The highest BCUT2D eigenvalue weighted by atomic mass is 15.1. The van der Waals surface area contributed by atoms with E-state index >= 15 is 0 Å². The molecule has 3 rings (SSSR count). The Hall–Kier alpha value is -1.51. The summed E-state index contributed by atoms with van der Waals surface area (Å²) >= 11 is 0. The monoisotopic (exact) mass is 229 g/mol. The second-order valence-corrected chi connectivity index (χ2v) is 5.03. The van der Waals surface area contributed by atoms with Gasteiger partial charge in [-0.25, -0.2) is 4.98 Å². The molecule has 0 aromatic carbocycles. The smallest absolute Gasteiger partial charge is 0.137 e. The summed E-state index contributed by atoms with van der Waals surface area (Å²) in [5.74, 6) is 0.775. The Morgan fingerprint density at radius 3 is 3.00 bits per heavy atom. The molecule has 2 heterocycles.